The number of ether oxygens (including phenoxy) is 1. The van der Waals surface area contributed by atoms with Gasteiger partial charge in [-0.1, -0.05) is 6.07 Å². The van der Waals surface area contributed by atoms with E-state index in [1.807, 2.05) is 38.1 Å². The van der Waals surface area contributed by atoms with Crippen LogP contribution in [-0.2, 0) is 11.3 Å². The molecule has 0 amide bonds. The summed E-state index contributed by atoms with van der Waals surface area (Å²) in [5, 5.41) is 3.26. The molecule has 0 saturated heterocycles. The number of benzene rings is 1. The van der Waals surface area contributed by atoms with Gasteiger partial charge in [-0.25, -0.2) is 4.79 Å². The van der Waals surface area contributed by atoms with Crippen molar-refractivity contribution in [3.63, 3.8) is 0 Å². The van der Waals surface area contributed by atoms with Gasteiger partial charge in [-0.15, -0.1) is 0 Å². The fourth-order valence-corrected chi connectivity index (χ4v) is 1.92. The lowest BCUT2D eigenvalue weighted by Crippen LogP contribution is -2.07. The number of carbonyl (C=O) groups excluding carboxylic acids is 1. The molecule has 4 heteroatoms. The molecule has 0 unspecified atom stereocenters. The first-order chi connectivity index (χ1) is 9.11. The van der Waals surface area contributed by atoms with E-state index in [1.54, 1.807) is 6.07 Å². The molecular formula is C15H17NO3. The Hall–Kier alpha value is -2.23. The highest BCUT2D eigenvalue weighted by atomic mass is 16.5. The van der Waals surface area contributed by atoms with Gasteiger partial charge in [0.1, 0.15) is 11.5 Å². The van der Waals surface area contributed by atoms with Crippen LogP contribution < -0.4 is 5.32 Å². The number of esters is 1. The Morgan fingerprint density at radius 2 is 2.05 bits per heavy atom. The third kappa shape index (κ3) is 2.96. The van der Waals surface area contributed by atoms with Crippen molar-refractivity contribution < 1.29 is 13.9 Å². The third-order valence-electron chi connectivity index (χ3n) is 2.99. The van der Waals surface area contributed by atoms with Gasteiger partial charge in [0.2, 0.25) is 0 Å². The summed E-state index contributed by atoms with van der Waals surface area (Å²) < 4.78 is 10.2. The minimum atomic E-state index is -0.324. The smallest absolute Gasteiger partial charge is 0.338 e. The molecule has 1 N–H and O–H groups in total. The fraction of sp³-hybridized carbons (Fsp3) is 0.267. The maximum atomic E-state index is 11.6. The molecule has 1 aromatic carbocycles. The van der Waals surface area contributed by atoms with Gasteiger partial charge in [-0.2, -0.15) is 0 Å². The molecule has 100 valence electrons. The number of methoxy groups -OCH3 is 1. The Labute approximate surface area is 112 Å². The quantitative estimate of drug-likeness (QED) is 0.856. The van der Waals surface area contributed by atoms with Crippen LogP contribution >= 0.6 is 0 Å². The Bertz CT molecular complexity index is 587. The van der Waals surface area contributed by atoms with E-state index in [9.17, 15) is 4.79 Å². The zero-order valence-corrected chi connectivity index (χ0v) is 11.3. The first-order valence-electron chi connectivity index (χ1n) is 6.09. The zero-order chi connectivity index (χ0) is 13.8. The minimum absolute atomic E-state index is 0.324. The highest BCUT2D eigenvalue weighted by molar-refractivity contribution is 5.92. The van der Waals surface area contributed by atoms with Gasteiger partial charge in [0.05, 0.1) is 19.2 Å². The van der Waals surface area contributed by atoms with Crippen molar-refractivity contribution in [2.24, 2.45) is 0 Å². The summed E-state index contributed by atoms with van der Waals surface area (Å²) in [7, 11) is 1.38. The number of hydrogen-bond acceptors (Lipinski definition) is 4. The molecule has 0 radical (unpaired) electrons. The van der Waals surface area contributed by atoms with Crippen LogP contribution in [0.3, 0.4) is 0 Å². The molecule has 0 bridgehead atoms. The van der Waals surface area contributed by atoms with E-state index >= 15 is 0 Å². The molecule has 0 atom stereocenters. The molecule has 0 saturated carbocycles. The van der Waals surface area contributed by atoms with Crippen LogP contribution in [0.2, 0.25) is 0 Å². The number of rotatable bonds is 4. The van der Waals surface area contributed by atoms with Crippen molar-refractivity contribution in [3.05, 3.63) is 53.0 Å². The molecule has 2 rings (SSSR count). The molecule has 19 heavy (non-hydrogen) atoms. The molecule has 0 fully saturated rings. The zero-order valence-electron chi connectivity index (χ0n) is 11.3. The molecule has 0 aliphatic heterocycles. The number of furan rings is 1. The topological polar surface area (TPSA) is 51.5 Å². The van der Waals surface area contributed by atoms with Crippen LogP contribution in [0.25, 0.3) is 0 Å². The highest BCUT2D eigenvalue weighted by Crippen LogP contribution is 2.20. The van der Waals surface area contributed by atoms with Crippen LogP contribution in [0.5, 0.6) is 0 Å². The van der Waals surface area contributed by atoms with Gasteiger partial charge in [-0.3, -0.25) is 0 Å². The molecular weight excluding hydrogens is 242 g/mol. The van der Waals surface area contributed by atoms with Crippen LogP contribution in [0, 0.1) is 13.8 Å². The largest absolute Gasteiger partial charge is 0.465 e. The van der Waals surface area contributed by atoms with Crippen molar-refractivity contribution in [2.75, 3.05) is 12.4 Å². The summed E-state index contributed by atoms with van der Waals surface area (Å²) in [5.41, 5.74) is 2.35. The highest BCUT2D eigenvalue weighted by Gasteiger charge is 2.11. The van der Waals surface area contributed by atoms with Gasteiger partial charge in [-0.05, 0) is 43.7 Å². The number of nitrogens with one attached hydrogen (secondary N) is 1. The van der Waals surface area contributed by atoms with Gasteiger partial charge in [0.25, 0.3) is 0 Å². The number of anilines is 1. The maximum absolute atomic E-state index is 11.6. The second kappa shape index (κ2) is 5.61. The fourth-order valence-electron chi connectivity index (χ4n) is 1.92. The van der Waals surface area contributed by atoms with Crippen LogP contribution in [-0.4, -0.2) is 13.1 Å². The summed E-state index contributed by atoms with van der Waals surface area (Å²) in [4.78, 5) is 11.6. The van der Waals surface area contributed by atoms with Crippen molar-refractivity contribution in [1.29, 1.82) is 0 Å². The second-order valence-corrected chi connectivity index (χ2v) is 4.34. The Kier molecular flexibility index (Phi) is 3.90. The summed E-state index contributed by atoms with van der Waals surface area (Å²) in [6, 6.07) is 9.37. The summed E-state index contributed by atoms with van der Waals surface area (Å²) in [5.74, 6) is 1.42. The lowest BCUT2D eigenvalue weighted by Gasteiger charge is -2.11. The SMILES string of the molecule is COC(=O)c1cccc(NCc2ccc(C)o2)c1C. The third-order valence-corrected chi connectivity index (χ3v) is 2.99. The van der Waals surface area contributed by atoms with E-state index in [0.717, 1.165) is 22.8 Å². The van der Waals surface area contributed by atoms with Crippen LogP contribution in [0.1, 0.15) is 27.4 Å². The van der Waals surface area contributed by atoms with Crippen LogP contribution in [0.15, 0.2) is 34.7 Å². The van der Waals surface area contributed by atoms with E-state index in [2.05, 4.69) is 5.32 Å². The summed E-state index contributed by atoms with van der Waals surface area (Å²) in [6.07, 6.45) is 0. The van der Waals surface area contributed by atoms with Crippen molar-refractivity contribution in [2.45, 2.75) is 20.4 Å². The molecule has 0 aliphatic carbocycles. The van der Waals surface area contributed by atoms with E-state index < -0.39 is 0 Å². The summed E-state index contributed by atoms with van der Waals surface area (Å²) >= 11 is 0. The van der Waals surface area contributed by atoms with Crippen molar-refractivity contribution in [3.8, 4) is 0 Å². The van der Waals surface area contributed by atoms with Gasteiger partial charge in [0, 0.05) is 5.69 Å². The summed E-state index contributed by atoms with van der Waals surface area (Å²) in [6.45, 7) is 4.38. The van der Waals surface area contributed by atoms with Crippen molar-refractivity contribution >= 4 is 11.7 Å². The van der Waals surface area contributed by atoms with Gasteiger partial charge >= 0.3 is 5.97 Å². The minimum Gasteiger partial charge on any atom is -0.465 e. The molecule has 4 nitrogen and oxygen atoms in total. The second-order valence-electron chi connectivity index (χ2n) is 4.34. The molecule has 0 spiro atoms. The average Bonchev–Trinajstić information content (AvgIpc) is 2.82. The maximum Gasteiger partial charge on any atom is 0.338 e. The Morgan fingerprint density at radius 3 is 2.68 bits per heavy atom. The number of carbonyl (C=O) groups is 1. The van der Waals surface area contributed by atoms with E-state index in [1.165, 1.54) is 7.11 Å². The monoisotopic (exact) mass is 259 g/mol. The normalized spacial score (nSPS) is 10.3. The standard InChI is InChI=1S/C15H17NO3/c1-10-7-8-12(19-10)9-16-14-6-4-5-13(11(14)2)15(17)18-3/h4-8,16H,9H2,1-3H3. The van der Waals surface area contributed by atoms with Crippen LogP contribution in [0.4, 0.5) is 5.69 Å². The predicted molar refractivity (Wildman–Crippen MR) is 73.3 cm³/mol. The Balaban J connectivity index is 2.14. The molecule has 1 aromatic heterocycles. The van der Waals surface area contributed by atoms with Gasteiger partial charge < -0.3 is 14.5 Å². The lowest BCUT2D eigenvalue weighted by molar-refractivity contribution is 0.0600. The van der Waals surface area contributed by atoms with Crippen molar-refractivity contribution in [1.82, 2.24) is 0 Å². The Morgan fingerprint density at radius 1 is 1.26 bits per heavy atom. The van der Waals surface area contributed by atoms with E-state index in [0.29, 0.717) is 12.1 Å². The van der Waals surface area contributed by atoms with E-state index in [4.69, 9.17) is 9.15 Å². The number of aryl methyl sites for hydroxylation is 1. The predicted octanol–water partition coefficient (Wildman–Crippen LogP) is 3.30. The molecule has 2 aromatic rings. The molecule has 1 heterocycles. The van der Waals surface area contributed by atoms with E-state index in [-0.39, 0.29) is 5.97 Å². The van der Waals surface area contributed by atoms with Gasteiger partial charge in [0.15, 0.2) is 0 Å². The first-order valence-corrected chi connectivity index (χ1v) is 6.09. The first kappa shape index (κ1) is 13.2. The average molecular weight is 259 g/mol. The molecule has 0 aliphatic rings. The number of hydrogen-bond donors (Lipinski definition) is 1. The lowest BCUT2D eigenvalue weighted by atomic mass is 10.1.